The number of nitrogens with one attached hydrogen (secondary N) is 1. The lowest BCUT2D eigenvalue weighted by molar-refractivity contribution is 0.584. The number of fused-ring (bicyclic) bond motifs is 1. The Morgan fingerprint density at radius 1 is 1.20 bits per heavy atom. The standard InChI is InChI=1S/C14H12F2N4/c1-7(17)13-19-12-11(2-3-18-14(12)20-13)8-4-9(15)6-10(16)5-8/h2-7H,17H2,1H3,(H,18,19,20). The molecule has 0 aliphatic rings. The maximum atomic E-state index is 13.3. The third kappa shape index (κ3) is 2.14. The summed E-state index contributed by atoms with van der Waals surface area (Å²) in [6.07, 6.45) is 1.55. The molecular weight excluding hydrogens is 262 g/mol. The Bertz CT molecular complexity index is 760. The number of hydrogen-bond donors (Lipinski definition) is 2. The van der Waals surface area contributed by atoms with Crippen molar-refractivity contribution in [3.05, 3.63) is 47.9 Å². The summed E-state index contributed by atoms with van der Waals surface area (Å²) in [5.41, 5.74) is 7.92. The zero-order valence-corrected chi connectivity index (χ0v) is 10.7. The van der Waals surface area contributed by atoms with Gasteiger partial charge in [0.1, 0.15) is 17.5 Å². The van der Waals surface area contributed by atoms with Crippen LogP contribution in [-0.2, 0) is 0 Å². The van der Waals surface area contributed by atoms with Crippen molar-refractivity contribution in [2.24, 2.45) is 5.73 Å². The third-order valence-electron chi connectivity index (χ3n) is 3.02. The number of H-pyrrole nitrogens is 1. The number of hydrogen-bond acceptors (Lipinski definition) is 3. The monoisotopic (exact) mass is 274 g/mol. The van der Waals surface area contributed by atoms with Gasteiger partial charge in [0.2, 0.25) is 0 Å². The van der Waals surface area contributed by atoms with Crippen LogP contribution in [0.1, 0.15) is 18.8 Å². The summed E-state index contributed by atoms with van der Waals surface area (Å²) in [6, 6.07) is 4.78. The molecule has 3 aromatic rings. The van der Waals surface area contributed by atoms with Crippen LogP contribution >= 0.6 is 0 Å². The van der Waals surface area contributed by atoms with Gasteiger partial charge in [-0.3, -0.25) is 0 Å². The van der Waals surface area contributed by atoms with E-state index in [1.165, 1.54) is 12.1 Å². The van der Waals surface area contributed by atoms with Crippen molar-refractivity contribution < 1.29 is 8.78 Å². The molecule has 20 heavy (non-hydrogen) atoms. The Kier molecular flexibility index (Phi) is 2.94. The van der Waals surface area contributed by atoms with Gasteiger partial charge < -0.3 is 10.7 Å². The van der Waals surface area contributed by atoms with Gasteiger partial charge in [-0.05, 0) is 30.7 Å². The van der Waals surface area contributed by atoms with E-state index >= 15 is 0 Å². The summed E-state index contributed by atoms with van der Waals surface area (Å²) >= 11 is 0. The molecule has 6 heteroatoms. The smallest absolute Gasteiger partial charge is 0.178 e. The summed E-state index contributed by atoms with van der Waals surface area (Å²) in [5.74, 6) is -0.675. The Morgan fingerprint density at radius 2 is 1.90 bits per heavy atom. The molecule has 0 saturated carbocycles. The lowest BCUT2D eigenvalue weighted by atomic mass is 10.1. The maximum absolute atomic E-state index is 13.3. The van der Waals surface area contributed by atoms with Crippen molar-refractivity contribution in [1.29, 1.82) is 0 Å². The molecule has 0 saturated heterocycles. The third-order valence-corrected chi connectivity index (χ3v) is 3.02. The van der Waals surface area contributed by atoms with Crippen molar-refractivity contribution >= 4 is 11.2 Å². The topological polar surface area (TPSA) is 67.6 Å². The largest absolute Gasteiger partial charge is 0.339 e. The normalized spacial score (nSPS) is 12.8. The van der Waals surface area contributed by atoms with Gasteiger partial charge in [-0.15, -0.1) is 0 Å². The van der Waals surface area contributed by atoms with Crippen molar-refractivity contribution in [3.8, 4) is 11.1 Å². The molecule has 0 fully saturated rings. The SMILES string of the molecule is CC(N)c1nc2nccc(-c3cc(F)cc(F)c3)c2[nH]1. The molecule has 1 aromatic carbocycles. The van der Waals surface area contributed by atoms with Gasteiger partial charge >= 0.3 is 0 Å². The molecule has 0 aliphatic heterocycles. The van der Waals surface area contributed by atoms with Gasteiger partial charge in [-0.2, -0.15) is 0 Å². The minimum Gasteiger partial charge on any atom is -0.339 e. The summed E-state index contributed by atoms with van der Waals surface area (Å²) in [4.78, 5) is 11.5. The molecule has 3 rings (SSSR count). The number of aromatic nitrogens is 3. The predicted octanol–water partition coefficient (Wildman–Crippen LogP) is 2.92. The van der Waals surface area contributed by atoms with Crippen LogP contribution in [0.3, 0.4) is 0 Å². The molecule has 3 N–H and O–H groups in total. The van der Waals surface area contributed by atoms with Crippen molar-refractivity contribution in [3.63, 3.8) is 0 Å². The average molecular weight is 274 g/mol. The molecule has 0 spiro atoms. The average Bonchev–Trinajstić information content (AvgIpc) is 2.81. The minimum atomic E-state index is -0.628. The van der Waals surface area contributed by atoms with Gasteiger partial charge in [0.05, 0.1) is 11.6 Å². The van der Waals surface area contributed by atoms with Crippen LogP contribution in [0.5, 0.6) is 0 Å². The van der Waals surface area contributed by atoms with Crippen LogP contribution in [0.15, 0.2) is 30.5 Å². The van der Waals surface area contributed by atoms with Crippen LogP contribution in [0, 0.1) is 11.6 Å². The number of benzene rings is 1. The number of aromatic amines is 1. The van der Waals surface area contributed by atoms with Gasteiger partial charge in [0, 0.05) is 17.8 Å². The van der Waals surface area contributed by atoms with Gasteiger partial charge in [0.15, 0.2) is 5.65 Å². The van der Waals surface area contributed by atoms with Crippen LogP contribution in [-0.4, -0.2) is 15.0 Å². The Labute approximate surface area is 113 Å². The minimum absolute atomic E-state index is 0.277. The molecule has 2 aromatic heterocycles. The highest BCUT2D eigenvalue weighted by Crippen LogP contribution is 2.28. The van der Waals surface area contributed by atoms with Crippen molar-refractivity contribution in [1.82, 2.24) is 15.0 Å². The number of rotatable bonds is 2. The Morgan fingerprint density at radius 3 is 2.55 bits per heavy atom. The lowest BCUT2D eigenvalue weighted by Crippen LogP contribution is -2.06. The second-order valence-electron chi connectivity index (χ2n) is 4.63. The van der Waals surface area contributed by atoms with Crippen LogP contribution in [0.25, 0.3) is 22.3 Å². The molecule has 4 nitrogen and oxygen atoms in total. The summed E-state index contributed by atoms with van der Waals surface area (Å²) in [6.45, 7) is 1.79. The number of nitrogens with two attached hydrogens (primary N) is 1. The predicted molar refractivity (Wildman–Crippen MR) is 71.8 cm³/mol. The molecular formula is C14H12F2N4. The molecule has 0 aliphatic carbocycles. The molecule has 102 valence electrons. The second kappa shape index (κ2) is 4.64. The van der Waals surface area contributed by atoms with Crippen LogP contribution in [0.2, 0.25) is 0 Å². The first-order valence-corrected chi connectivity index (χ1v) is 6.11. The van der Waals surface area contributed by atoms with E-state index in [0.717, 1.165) is 6.07 Å². The highest BCUT2D eigenvalue weighted by atomic mass is 19.1. The number of imidazole rings is 1. The molecule has 1 unspecified atom stereocenters. The number of pyridine rings is 1. The first-order valence-electron chi connectivity index (χ1n) is 6.11. The zero-order valence-electron chi connectivity index (χ0n) is 10.7. The van der Waals surface area contributed by atoms with E-state index < -0.39 is 11.6 Å². The van der Waals surface area contributed by atoms with E-state index in [-0.39, 0.29) is 6.04 Å². The van der Waals surface area contributed by atoms with E-state index in [1.807, 2.05) is 0 Å². The van der Waals surface area contributed by atoms with E-state index in [9.17, 15) is 8.78 Å². The summed E-state index contributed by atoms with van der Waals surface area (Å²) in [7, 11) is 0. The number of nitrogens with zero attached hydrogens (tertiary/aromatic N) is 2. The Hall–Kier alpha value is -2.34. The summed E-state index contributed by atoms with van der Waals surface area (Å²) in [5, 5.41) is 0. The van der Waals surface area contributed by atoms with Gasteiger partial charge in [0.25, 0.3) is 0 Å². The maximum Gasteiger partial charge on any atom is 0.178 e. The lowest BCUT2D eigenvalue weighted by Gasteiger charge is -2.03. The van der Waals surface area contributed by atoms with E-state index in [0.29, 0.717) is 28.1 Å². The number of halogens is 2. The highest BCUT2D eigenvalue weighted by Gasteiger charge is 2.13. The first-order chi connectivity index (χ1) is 9.54. The fraction of sp³-hybridized carbons (Fsp3) is 0.143. The second-order valence-corrected chi connectivity index (χ2v) is 4.63. The van der Waals surface area contributed by atoms with E-state index in [2.05, 4.69) is 15.0 Å². The first kappa shape index (κ1) is 12.7. The molecule has 0 amide bonds. The zero-order chi connectivity index (χ0) is 14.3. The molecule has 2 heterocycles. The van der Waals surface area contributed by atoms with Crippen molar-refractivity contribution in [2.45, 2.75) is 13.0 Å². The van der Waals surface area contributed by atoms with Crippen LogP contribution in [0.4, 0.5) is 8.78 Å². The van der Waals surface area contributed by atoms with Crippen LogP contribution < -0.4 is 5.73 Å². The van der Waals surface area contributed by atoms with Gasteiger partial charge in [-0.25, -0.2) is 18.7 Å². The highest BCUT2D eigenvalue weighted by molar-refractivity contribution is 5.89. The molecule has 0 bridgehead atoms. The fourth-order valence-electron chi connectivity index (χ4n) is 2.09. The van der Waals surface area contributed by atoms with E-state index in [4.69, 9.17) is 5.73 Å². The van der Waals surface area contributed by atoms with E-state index in [1.54, 1.807) is 19.2 Å². The molecule has 0 radical (unpaired) electrons. The fourth-order valence-corrected chi connectivity index (χ4v) is 2.09. The quantitative estimate of drug-likeness (QED) is 0.755. The van der Waals surface area contributed by atoms with Gasteiger partial charge in [-0.1, -0.05) is 0 Å². The Balaban J connectivity index is 2.25. The summed E-state index contributed by atoms with van der Waals surface area (Å²) < 4.78 is 26.7. The van der Waals surface area contributed by atoms with Crippen molar-refractivity contribution in [2.75, 3.05) is 0 Å². The molecule has 1 atom stereocenters.